The summed E-state index contributed by atoms with van der Waals surface area (Å²) in [6.07, 6.45) is 2.64. The molecular weight excluding hydrogens is 422 g/mol. The standard InChI is InChI=1S/C17H24BrN3O4S/c1-16(2,3)26(24)20-12-9-17(4-6-21(7-5-17)15(22)23)25-13-10-19-14(18)8-11(12)13/h8,10,12,20H,4-7,9H2,1-3H3,(H,22,23)/t12-,26-/m0/s1. The van der Waals surface area contributed by atoms with E-state index in [1.807, 2.05) is 26.8 Å². The van der Waals surface area contributed by atoms with Crippen molar-refractivity contribution < 1.29 is 19.2 Å². The normalized spacial score (nSPS) is 23.3. The van der Waals surface area contributed by atoms with Crippen LogP contribution in [0.5, 0.6) is 5.75 Å². The Morgan fingerprint density at radius 1 is 1.50 bits per heavy atom. The van der Waals surface area contributed by atoms with Crippen LogP contribution in [0.25, 0.3) is 0 Å². The Balaban J connectivity index is 1.86. The highest BCUT2D eigenvalue weighted by Gasteiger charge is 2.46. The third-order valence-electron chi connectivity index (χ3n) is 4.89. The average Bonchev–Trinajstić information content (AvgIpc) is 2.55. The molecule has 2 N–H and O–H groups in total. The third kappa shape index (κ3) is 4.11. The molecule has 1 saturated heterocycles. The van der Waals surface area contributed by atoms with Gasteiger partial charge in [0.1, 0.15) is 20.7 Å². The number of halogens is 1. The molecule has 144 valence electrons. The van der Waals surface area contributed by atoms with Crippen LogP contribution in [0.2, 0.25) is 0 Å². The number of amides is 1. The van der Waals surface area contributed by atoms with Gasteiger partial charge in [0.15, 0.2) is 0 Å². The number of nitrogens with zero attached hydrogens (tertiary/aromatic N) is 2. The zero-order valence-electron chi connectivity index (χ0n) is 15.1. The minimum Gasteiger partial charge on any atom is -0.598 e. The minimum atomic E-state index is -1.23. The van der Waals surface area contributed by atoms with E-state index >= 15 is 0 Å². The summed E-state index contributed by atoms with van der Waals surface area (Å²) in [6, 6.07) is 1.75. The number of pyridine rings is 1. The number of carbonyl (C=O) groups is 1. The minimum absolute atomic E-state index is 0.144. The van der Waals surface area contributed by atoms with E-state index in [1.165, 1.54) is 4.90 Å². The summed E-state index contributed by atoms with van der Waals surface area (Å²) in [5, 5.41) is 9.19. The monoisotopic (exact) mass is 445 g/mol. The molecule has 26 heavy (non-hydrogen) atoms. The van der Waals surface area contributed by atoms with E-state index < -0.39 is 23.1 Å². The Morgan fingerprint density at radius 3 is 2.73 bits per heavy atom. The van der Waals surface area contributed by atoms with Crippen LogP contribution in [0.15, 0.2) is 16.9 Å². The number of aromatic nitrogens is 1. The van der Waals surface area contributed by atoms with Crippen LogP contribution in [-0.2, 0) is 11.4 Å². The molecule has 3 heterocycles. The lowest BCUT2D eigenvalue weighted by Crippen LogP contribution is -2.54. The number of hydrogen-bond acceptors (Lipinski definition) is 5. The lowest BCUT2D eigenvalue weighted by Gasteiger charge is -2.46. The second-order valence-electron chi connectivity index (χ2n) is 7.86. The Labute approximate surface area is 164 Å². The van der Waals surface area contributed by atoms with E-state index in [0.29, 0.717) is 42.7 Å². The van der Waals surface area contributed by atoms with E-state index in [-0.39, 0.29) is 10.8 Å². The first kappa shape index (κ1) is 19.7. The predicted octanol–water partition coefficient (Wildman–Crippen LogP) is 3.23. The molecule has 0 radical (unpaired) electrons. The zero-order chi connectivity index (χ0) is 19.1. The van der Waals surface area contributed by atoms with Crippen molar-refractivity contribution in [3.05, 3.63) is 22.4 Å². The summed E-state index contributed by atoms with van der Waals surface area (Å²) < 4.78 is 22.6. The molecule has 0 bridgehead atoms. The molecule has 2 aliphatic rings. The summed E-state index contributed by atoms with van der Waals surface area (Å²) >= 11 is 2.16. The second kappa shape index (κ2) is 7.18. The molecule has 0 saturated carbocycles. The lowest BCUT2D eigenvalue weighted by atomic mass is 9.81. The van der Waals surface area contributed by atoms with Gasteiger partial charge in [-0.05, 0) is 42.8 Å². The fraction of sp³-hybridized carbons (Fsp3) is 0.647. The Morgan fingerprint density at radius 2 is 2.15 bits per heavy atom. The van der Waals surface area contributed by atoms with Gasteiger partial charge in [-0.2, -0.15) is 0 Å². The predicted molar refractivity (Wildman–Crippen MR) is 103 cm³/mol. The van der Waals surface area contributed by atoms with Crippen molar-refractivity contribution in [2.75, 3.05) is 13.1 Å². The van der Waals surface area contributed by atoms with E-state index in [1.54, 1.807) is 6.20 Å². The van der Waals surface area contributed by atoms with Gasteiger partial charge in [-0.25, -0.2) is 9.78 Å². The lowest BCUT2D eigenvalue weighted by molar-refractivity contribution is -0.0194. The third-order valence-corrected chi connectivity index (χ3v) is 6.94. The van der Waals surface area contributed by atoms with Crippen molar-refractivity contribution in [2.24, 2.45) is 0 Å². The summed E-state index contributed by atoms with van der Waals surface area (Å²) in [5.41, 5.74) is 0.463. The smallest absolute Gasteiger partial charge is 0.407 e. The molecule has 2 atom stereocenters. The SMILES string of the molecule is CC(C)(C)[S@+]([O-])N[C@H]1CC2(CCN(C(=O)O)CC2)Oc2cnc(Br)cc21. The molecule has 1 aromatic heterocycles. The Hall–Kier alpha value is -1.03. The topological polar surface area (TPSA) is 97.8 Å². The Kier molecular flexibility index (Phi) is 5.45. The van der Waals surface area contributed by atoms with Crippen LogP contribution >= 0.6 is 15.9 Å². The van der Waals surface area contributed by atoms with Crippen molar-refractivity contribution >= 4 is 33.4 Å². The van der Waals surface area contributed by atoms with Crippen molar-refractivity contribution in [3.63, 3.8) is 0 Å². The van der Waals surface area contributed by atoms with E-state index in [2.05, 4.69) is 25.6 Å². The highest BCUT2D eigenvalue weighted by molar-refractivity contribution is 9.10. The van der Waals surface area contributed by atoms with Crippen LogP contribution in [0.1, 0.15) is 51.6 Å². The molecule has 0 aromatic carbocycles. The van der Waals surface area contributed by atoms with Crippen LogP contribution in [-0.4, -0.2) is 49.1 Å². The first-order valence-electron chi connectivity index (χ1n) is 8.60. The summed E-state index contributed by atoms with van der Waals surface area (Å²) in [7, 11) is 0. The number of piperidine rings is 1. The number of likely N-dealkylation sites (tertiary alicyclic amines) is 1. The number of nitrogens with one attached hydrogen (secondary N) is 1. The Bertz CT molecular complexity index is 689. The van der Waals surface area contributed by atoms with Crippen molar-refractivity contribution in [3.8, 4) is 5.75 Å². The van der Waals surface area contributed by atoms with Gasteiger partial charge in [0.2, 0.25) is 0 Å². The van der Waals surface area contributed by atoms with Crippen LogP contribution in [0.4, 0.5) is 4.79 Å². The second-order valence-corrected chi connectivity index (χ2v) is 10.7. The molecular formula is C17H24BrN3O4S. The maximum atomic E-state index is 12.7. The highest BCUT2D eigenvalue weighted by atomic mass is 79.9. The summed E-state index contributed by atoms with van der Waals surface area (Å²) in [4.78, 5) is 16.9. The fourth-order valence-corrected chi connectivity index (χ4v) is 4.54. The summed E-state index contributed by atoms with van der Waals surface area (Å²) in [6.45, 7) is 6.66. The van der Waals surface area contributed by atoms with Gasteiger partial charge in [0, 0.05) is 49.3 Å². The molecule has 7 nitrogen and oxygen atoms in total. The van der Waals surface area contributed by atoms with Crippen LogP contribution < -0.4 is 9.46 Å². The molecule has 9 heteroatoms. The number of ether oxygens (including phenoxy) is 1. The van der Waals surface area contributed by atoms with E-state index in [4.69, 9.17) is 4.74 Å². The van der Waals surface area contributed by atoms with Crippen molar-refractivity contribution in [1.82, 2.24) is 14.6 Å². The maximum absolute atomic E-state index is 12.7. The highest BCUT2D eigenvalue weighted by Crippen LogP contribution is 2.45. The van der Waals surface area contributed by atoms with Gasteiger partial charge in [-0.3, -0.25) is 0 Å². The number of fused-ring (bicyclic) bond motifs is 1. The van der Waals surface area contributed by atoms with Gasteiger partial charge in [-0.15, -0.1) is 4.72 Å². The van der Waals surface area contributed by atoms with Crippen LogP contribution in [0.3, 0.4) is 0 Å². The van der Waals surface area contributed by atoms with Crippen molar-refractivity contribution in [2.45, 2.75) is 56.4 Å². The number of hydrogen-bond donors (Lipinski definition) is 2. The molecule has 0 aliphatic carbocycles. The maximum Gasteiger partial charge on any atom is 0.407 e. The quantitative estimate of drug-likeness (QED) is 0.535. The number of rotatable bonds is 2. The average molecular weight is 446 g/mol. The molecule has 1 aromatic rings. The molecule has 0 unspecified atom stereocenters. The molecule has 1 amide bonds. The largest absolute Gasteiger partial charge is 0.598 e. The van der Waals surface area contributed by atoms with Crippen molar-refractivity contribution in [1.29, 1.82) is 0 Å². The first-order valence-corrected chi connectivity index (χ1v) is 10.5. The van der Waals surface area contributed by atoms with Gasteiger partial charge >= 0.3 is 6.09 Å². The summed E-state index contributed by atoms with van der Waals surface area (Å²) in [5.74, 6) is 0.673. The first-order chi connectivity index (χ1) is 12.1. The molecule has 1 spiro atoms. The van der Waals surface area contributed by atoms with Crippen LogP contribution in [0, 0.1) is 0 Å². The molecule has 3 rings (SSSR count). The molecule has 2 aliphatic heterocycles. The fourth-order valence-electron chi connectivity index (χ4n) is 3.37. The number of carboxylic acid groups (broad SMARTS) is 1. The van der Waals surface area contributed by atoms with Gasteiger partial charge in [0.25, 0.3) is 0 Å². The van der Waals surface area contributed by atoms with Gasteiger partial charge in [-0.1, -0.05) is 0 Å². The molecule has 1 fully saturated rings. The van der Waals surface area contributed by atoms with E-state index in [9.17, 15) is 14.5 Å². The van der Waals surface area contributed by atoms with Gasteiger partial charge < -0.3 is 19.3 Å². The van der Waals surface area contributed by atoms with E-state index in [0.717, 1.165) is 5.56 Å². The van der Waals surface area contributed by atoms with Gasteiger partial charge in [0.05, 0.1) is 12.2 Å². The zero-order valence-corrected chi connectivity index (χ0v) is 17.5.